The van der Waals surface area contributed by atoms with Gasteiger partial charge in [0.25, 0.3) is 5.91 Å². The van der Waals surface area contributed by atoms with Crippen LogP contribution in [0.25, 0.3) is 21.9 Å². The maximum absolute atomic E-state index is 13.9. The lowest BCUT2D eigenvalue weighted by Crippen LogP contribution is -2.47. The number of amides is 1. The summed E-state index contributed by atoms with van der Waals surface area (Å²) in [6, 6.07) is 12.4. The first kappa shape index (κ1) is 24.0. The Morgan fingerprint density at radius 1 is 1.14 bits per heavy atom. The van der Waals surface area contributed by atoms with Crippen LogP contribution in [0.4, 0.5) is 4.39 Å². The number of nitrogens with zero attached hydrogens (tertiary/aromatic N) is 2. The molecule has 3 N–H and O–H groups in total. The van der Waals surface area contributed by atoms with Crippen molar-refractivity contribution in [3.05, 3.63) is 71.4 Å². The second-order valence-corrected chi connectivity index (χ2v) is 11.1. The van der Waals surface area contributed by atoms with E-state index in [0.717, 1.165) is 72.7 Å². The molecule has 1 amide bonds. The molecule has 2 aromatic heterocycles. The third kappa shape index (κ3) is 4.73. The number of benzene rings is 2. The smallest absolute Gasteiger partial charge is 0.251 e. The van der Waals surface area contributed by atoms with Crippen LogP contribution in [0.5, 0.6) is 0 Å². The lowest BCUT2D eigenvalue weighted by atomic mass is 9.73. The monoisotopic (exact) mass is 500 g/mol. The molecule has 0 aliphatic heterocycles. The third-order valence-electron chi connectivity index (χ3n) is 8.71. The number of hydrogen-bond acceptors (Lipinski definition) is 4. The van der Waals surface area contributed by atoms with Crippen LogP contribution in [0.15, 0.2) is 48.7 Å². The van der Waals surface area contributed by atoms with Crippen LogP contribution < -0.4 is 5.32 Å². The van der Waals surface area contributed by atoms with E-state index < -0.39 is 5.60 Å². The summed E-state index contributed by atoms with van der Waals surface area (Å²) in [7, 11) is 0. The van der Waals surface area contributed by atoms with Gasteiger partial charge >= 0.3 is 0 Å². The minimum Gasteiger partial charge on any atom is -0.388 e. The van der Waals surface area contributed by atoms with Gasteiger partial charge in [-0.1, -0.05) is 6.92 Å². The molecule has 0 radical (unpaired) electrons. The lowest BCUT2D eigenvalue weighted by molar-refractivity contribution is -0.0300. The van der Waals surface area contributed by atoms with E-state index in [1.807, 2.05) is 18.3 Å². The summed E-state index contributed by atoms with van der Waals surface area (Å²) in [5, 5.41) is 14.1. The Bertz CT molecular complexity index is 1450. The Hall–Kier alpha value is -3.32. The molecular formula is C30H33FN4O2. The number of carbonyl (C=O) groups excluding carboxylic acids is 1. The van der Waals surface area contributed by atoms with Crippen molar-refractivity contribution < 1.29 is 14.3 Å². The van der Waals surface area contributed by atoms with Gasteiger partial charge in [-0.05, 0) is 105 Å². The van der Waals surface area contributed by atoms with Gasteiger partial charge in [-0.15, -0.1) is 0 Å². The number of aromatic nitrogens is 3. The SMILES string of the molecule is C[C@@H](c1nc2ccc(C(=O)NCC3(O)CCC3)cc2[nH]1)[C@H]1CC[C@@H](c2ccnc3ccc(F)cc32)CC1. The molecule has 4 aromatic rings. The molecule has 0 unspecified atom stereocenters. The summed E-state index contributed by atoms with van der Waals surface area (Å²) in [5.74, 6) is 1.75. The van der Waals surface area contributed by atoms with E-state index in [1.54, 1.807) is 18.2 Å². The number of aliphatic hydroxyl groups is 1. The predicted octanol–water partition coefficient (Wildman–Crippen LogP) is 5.97. The number of rotatable bonds is 6. The second kappa shape index (κ2) is 9.53. The van der Waals surface area contributed by atoms with Gasteiger partial charge in [-0.3, -0.25) is 9.78 Å². The Morgan fingerprint density at radius 2 is 1.92 bits per heavy atom. The van der Waals surface area contributed by atoms with Crippen molar-refractivity contribution in [2.45, 2.75) is 69.3 Å². The van der Waals surface area contributed by atoms with Crippen LogP contribution >= 0.6 is 0 Å². The highest BCUT2D eigenvalue weighted by Gasteiger charge is 2.34. The fourth-order valence-corrected chi connectivity index (χ4v) is 6.14. The minimum absolute atomic E-state index is 0.173. The number of imidazole rings is 1. The van der Waals surface area contributed by atoms with Crippen LogP contribution in [0, 0.1) is 11.7 Å². The van der Waals surface area contributed by atoms with Gasteiger partial charge < -0.3 is 15.4 Å². The molecule has 2 aliphatic rings. The van der Waals surface area contributed by atoms with Crippen molar-refractivity contribution >= 4 is 27.8 Å². The fourth-order valence-electron chi connectivity index (χ4n) is 6.14. The molecule has 0 spiro atoms. The molecule has 192 valence electrons. The molecule has 2 aliphatic carbocycles. The molecule has 7 heteroatoms. The molecule has 6 nitrogen and oxygen atoms in total. The third-order valence-corrected chi connectivity index (χ3v) is 8.71. The lowest BCUT2D eigenvalue weighted by Gasteiger charge is -2.36. The normalized spacial score (nSPS) is 22.0. The highest BCUT2D eigenvalue weighted by atomic mass is 19.1. The summed E-state index contributed by atoms with van der Waals surface area (Å²) < 4.78 is 13.9. The van der Waals surface area contributed by atoms with Crippen molar-refractivity contribution in [2.24, 2.45) is 5.92 Å². The van der Waals surface area contributed by atoms with E-state index in [1.165, 1.54) is 11.6 Å². The van der Waals surface area contributed by atoms with Crippen molar-refractivity contribution in [1.82, 2.24) is 20.3 Å². The topological polar surface area (TPSA) is 90.9 Å². The van der Waals surface area contributed by atoms with Crippen molar-refractivity contribution in [1.29, 1.82) is 0 Å². The Kier molecular flexibility index (Phi) is 6.19. The van der Waals surface area contributed by atoms with E-state index in [-0.39, 0.29) is 17.6 Å². The summed E-state index contributed by atoms with van der Waals surface area (Å²) in [6.45, 7) is 2.52. The zero-order valence-electron chi connectivity index (χ0n) is 21.1. The first-order valence-corrected chi connectivity index (χ1v) is 13.4. The van der Waals surface area contributed by atoms with Crippen LogP contribution in [-0.4, -0.2) is 38.1 Å². The number of aromatic amines is 1. The van der Waals surface area contributed by atoms with Crippen LogP contribution in [0.3, 0.4) is 0 Å². The Morgan fingerprint density at radius 3 is 2.68 bits per heavy atom. The highest BCUT2D eigenvalue weighted by molar-refractivity contribution is 5.97. The van der Waals surface area contributed by atoms with Gasteiger partial charge in [-0.2, -0.15) is 0 Å². The molecule has 2 aromatic carbocycles. The summed E-state index contributed by atoms with van der Waals surface area (Å²) >= 11 is 0. The van der Waals surface area contributed by atoms with Gasteiger partial charge in [0.05, 0.1) is 22.2 Å². The summed E-state index contributed by atoms with van der Waals surface area (Å²) in [6.07, 6.45) is 8.61. The zero-order chi connectivity index (χ0) is 25.6. The molecule has 37 heavy (non-hydrogen) atoms. The molecule has 2 saturated carbocycles. The number of nitrogens with one attached hydrogen (secondary N) is 2. The van der Waals surface area contributed by atoms with Crippen molar-refractivity contribution in [2.75, 3.05) is 6.54 Å². The van der Waals surface area contributed by atoms with Crippen molar-refractivity contribution in [3.8, 4) is 0 Å². The average Bonchev–Trinajstić information content (AvgIpc) is 3.33. The first-order valence-electron chi connectivity index (χ1n) is 13.4. The second-order valence-electron chi connectivity index (χ2n) is 11.1. The molecule has 0 saturated heterocycles. The average molecular weight is 501 g/mol. The van der Waals surface area contributed by atoms with E-state index in [2.05, 4.69) is 28.3 Å². The van der Waals surface area contributed by atoms with Gasteiger partial charge in [0.15, 0.2) is 0 Å². The number of halogens is 1. The van der Waals surface area contributed by atoms with E-state index in [4.69, 9.17) is 4.98 Å². The fraction of sp³-hybridized carbons (Fsp3) is 0.433. The molecule has 1 atom stereocenters. The van der Waals surface area contributed by atoms with E-state index in [9.17, 15) is 14.3 Å². The van der Waals surface area contributed by atoms with Crippen LogP contribution in [0.1, 0.15) is 85.5 Å². The van der Waals surface area contributed by atoms with Crippen LogP contribution in [-0.2, 0) is 0 Å². The maximum Gasteiger partial charge on any atom is 0.251 e. The molecule has 2 fully saturated rings. The largest absolute Gasteiger partial charge is 0.388 e. The molecule has 2 heterocycles. The van der Waals surface area contributed by atoms with Gasteiger partial charge in [-0.25, -0.2) is 9.37 Å². The molecule has 6 rings (SSSR count). The van der Waals surface area contributed by atoms with Gasteiger partial charge in [0.2, 0.25) is 0 Å². The summed E-state index contributed by atoms with van der Waals surface area (Å²) in [5.41, 5.74) is 3.60. The predicted molar refractivity (Wildman–Crippen MR) is 142 cm³/mol. The molecule has 0 bridgehead atoms. The van der Waals surface area contributed by atoms with Gasteiger partial charge in [0, 0.05) is 29.6 Å². The standard InChI is InChI=1S/C30H33FN4O2/c1-18(19-3-5-20(6-4-19)23-11-14-32-25-10-8-22(31)16-24(23)25)28-34-26-9-7-21(15-27(26)35-28)29(36)33-17-30(37)12-2-13-30/h7-11,14-16,18-20,37H,2-6,12-13,17H2,1H3,(H,33,36)(H,34,35)/t18-,19-,20+/m1/s1. The first-order chi connectivity index (χ1) is 17.9. The number of hydrogen-bond donors (Lipinski definition) is 3. The number of fused-ring (bicyclic) bond motifs is 2. The zero-order valence-corrected chi connectivity index (χ0v) is 21.1. The highest BCUT2D eigenvalue weighted by Crippen LogP contribution is 2.43. The van der Waals surface area contributed by atoms with E-state index >= 15 is 0 Å². The number of H-pyrrole nitrogens is 1. The minimum atomic E-state index is -0.740. The summed E-state index contributed by atoms with van der Waals surface area (Å²) in [4.78, 5) is 25.4. The van der Waals surface area contributed by atoms with Crippen molar-refractivity contribution in [3.63, 3.8) is 0 Å². The quantitative estimate of drug-likeness (QED) is 0.304. The number of carbonyl (C=O) groups is 1. The van der Waals surface area contributed by atoms with Crippen LogP contribution in [0.2, 0.25) is 0 Å². The Balaban J connectivity index is 1.12. The maximum atomic E-state index is 13.9. The Labute approximate surface area is 215 Å². The van der Waals surface area contributed by atoms with E-state index in [0.29, 0.717) is 23.9 Å². The number of pyridine rings is 1. The molecular weight excluding hydrogens is 467 g/mol. The van der Waals surface area contributed by atoms with Gasteiger partial charge in [0.1, 0.15) is 11.6 Å².